The number of amides is 1. The van der Waals surface area contributed by atoms with Crippen molar-refractivity contribution in [1.82, 2.24) is 4.98 Å². The molecule has 32 heavy (non-hydrogen) atoms. The van der Waals surface area contributed by atoms with Crippen LogP contribution in [0.4, 0.5) is 4.39 Å². The molecule has 0 aliphatic heterocycles. The van der Waals surface area contributed by atoms with E-state index in [1.807, 2.05) is 24.3 Å². The first-order chi connectivity index (χ1) is 15.6. The number of hydrogen-bond acceptors (Lipinski definition) is 3. The van der Waals surface area contributed by atoms with Crippen molar-refractivity contribution in [2.24, 2.45) is 5.73 Å². The van der Waals surface area contributed by atoms with Crippen molar-refractivity contribution in [3.05, 3.63) is 89.3 Å². The van der Waals surface area contributed by atoms with E-state index in [4.69, 9.17) is 5.73 Å². The second-order valence-electron chi connectivity index (χ2n) is 7.25. The number of unbranched alkanes of at least 4 members (excludes halogenated alkanes) is 1. The first-order valence-corrected chi connectivity index (χ1v) is 11.1. The van der Waals surface area contributed by atoms with Crippen LogP contribution in [0.5, 0.6) is 0 Å². The number of rotatable bonds is 5. The van der Waals surface area contributed by atoms with Gasteiger partial charge in [0.2, 0.25) is 5.91 Å². The van der Waals surface area contributed by atoms with Crippen LogP contribution in [0.3, 0.4) is 0 Å². The third-order valence-electron chi connectivity index (χ3n) is 5.00. The summed E-state index contributed by atoms with van der Waals surface area (Å²) >= 11 is 1.57. The molecule has 0 aliphatic rings. The average Bonchev–Trinajstić information content (AvgIpc) is 3.20. The zero-order valence-corrected chi connectivity index (χ0v) is 18.4. The van der Waals surface area contributed by atoms with Crippen molar-refractivity contribution in [3.63, 3.8) is 0 Å². The summed E-state index contributed by atoms with van der Waals surface area (Å²) in [6.45, 7) is 2.09. The Morgan fingerprint density at radius 2 is 1.75 bits per heavy atom. The Bertz CT molecular complexity index is 1320. The molecular formula is C27H21FN2OS. The molecule has 2 heterocycles. The number of nitrogens with zero attached hydrogens (tertiary/aromatic N) is 1. The predicted molar refractivity (Wildman–Crippen MR) is 129 cm³/mol. The third kappa shape index (κ3) is 4.46. The van der Waals surface area contributed by atoms with Gasteiger partial charge in [0.05, 0.1) is 4.88 Å². The summed E-state index contributed by atoms with van der Waals surface area (Å²) in [4.78, 5) is 17.9. The SMILES string of the molecule is CCCC#Cc1sc(-c2ccc(F)cc2)c(-c2ccncc2)c1-c1cccc(C(N)=O)c1. The lowest BCUT2D eigenvalue weighted by atomic mass is 9.92. The van der Waals surface area contributed by atoms with Crippen LogP contribution < -0.4 is 5.73 Å². The lowest BCUT2D eigenvalue weighted by Crippen LogP contribution is -2.10. The van der Waals surface area contributed by atoms with E-state index < -0.39 is 5.91 Å². The van der Waals surface area contributed by atoms with Crippen LogP contribution >= 0.6 is 11.3 Å². The monoisotopic (exact) mass is 440 g/mol. The van der Waals surface area contributed by atoms with Crippen LogP contribution in [0.2, 0.25) is 0 Å². The molecule has 0 atom stereocenters. The average molecular weight is 441 g/mol. The van der Waals surface area contributed by atoms with Gasteiger partial charge in [-0.2, -0.15) is 0 Å². The second kappa shape index (κ2) is 9.59. The van der Waals surface area contributed by atoms with Crippen LogP contribution in [0.15, 0.2) is 73.1 Å². The molecule has 0 spiro atoms. The molecule has 0 unspecified atom stereocenters. The highest BCUT2D eigenvalue weighted by atomic mass is 32.1. The molecule has 4 rings (SSSR count). The number of hydrogen-bond donors (Lipinski definition) is 1. The maximum Gasteiger partial charge on any atom is 0.248 e. The van der Waals surface area contributed by atoms with E-state index in [0.29, 0.717) is 5.56 Å². The Kier molecular flexibility index (Phi) is 6.44. The number of thiophene rings is 1. The van der Waals surface area contributed by atoms with Crippen molar-refractivity contribution in [1.29, 1.82) is 0 Å². The normalized spacial score (nSPS) is 10.4. The van der Waals surface area contributed by atoms with Crippen molar-refractivity contribution < 1.29 is 9.18 Å². The van der Waals surface area contributed by atoms with Gasteiger partial charge < -0.3 is 5.73 Å². The zero-order valence-electron chi connectivity index (χ0n) is 17.6. The number of primary amides is 1. The van der Waals surface area contributed by atoms with E-state index in [-0.39, 0.29) is 5.82 Å². The Morgan fingerprint density at radius 3 is 2.44 bits per heavy atom. The standard InChI is InChI=1S/C27H21FN2OS/c1-2-3-4-8-23-24(20-6-5-7-21(17-20)27(29)31)25(18-13-15-30-16-14-18)26(32-23)19-9-11-22(28)12-10-19/h5-7,9-17H,2-3H2,1H3,(H2,29,31). The van der Waals surface area contributed by atoms with Gasteiger partial charge >= 0.3 is 0 Å². The number of nitrogens with two attached hydrogens (primary N) is 1. The minimum atomic E-state index is -0.482. The van der Waals surface area contributed by atoms with Crippen LogP contribution in [-0.2, 0) is 0 Å². The fraction of sp³-hybridized carbons (Fsp3) is 0.111. The Balaban J connectivity index is 2.05. The maximum atomic E-state index is 13.6. The third-order valence-corrected chi connectivity index (χ3v) is 6.15. The molecule has 4 aromatic rings. The highest BCUT2D eigenvalue weighted by molar-refractivity contribution is 7.17. The van der Waals surface area contributed by atoms with Crippen molar-refractivity contribution >= 4 is 17.2 Å². The molecule has 0 aliphatic carbocycles. The van der Waals surface area contributed by atoms with E-state index in [0.717, 1.165) is 50.4 Å². The number of pyridine rings is 1. The van der Waals surface area contributed by atoms with Gasteiger partial charge in [-0.05, 0) is 59.5 Å². The van der Waals surface area contributed by atoms with Gasteiger partial charge in [0.25, 0.3) is 0 Å². The number of carbonyl (C=O) groups excluding carboxylic acids is 1. The van der Waals surface area contributed by atoms with Gasteiger partial charge in [0, 0.05) is 40.4 Å². The molecule has 2 N–H and O–H groups in total. The summed E-state index contributed by atoms with van der Waals surface area (Å²) < 4.78 is 13.6. The quantitative estimate of drug-likeness (QED) is 0.359. The molecule has 0 radical (unpaired) electrons. The minimum Gasteiger partial charge on any atom is -0.366 e. The molecule has 3 nitrogen and oxygen atoms in total. The molecule has 0 saturated carbocycles. The lowest BCUT2D eigenvalue weighted by molar-refractivity contribution is 0.100. The molecule has 0 saturated heterocycles. The summed E-state index contributed by atoms with van der Waals surface area (Å²) in [5.41, 5.74) is 10.6. The molecule has 158 valence electrons. The Labute approximate surface area is 190 Å². The molecule has 2 aromatic carbocycles. The van der Waals surface area contributed by atoms with Gasteiger partial charge in [0.1, 0.15) is 5.82 Å². The molecular weight excluding hydrogens is 419 g/mol. The lowest BCUT2D eigenvalue weighted by Gasteiger charge is -2.10. The smallest absolute Gasteiger partial charge is 0.248 e. The Morgan fingerprint density at radius 1 is 1.00 bits per heavy atom. The minimum absolute atomic E-state index is 0.284. The van der Waals surface area contributed by atoms with E-state index in [9.17, 15) is 9.18 Å². The highest BCUT2D eigenvalue weighted by Gasteiger charge is 2.22. The second-order valence-corrected chi connectivity index (χ2v) is 8.27. The first-order valence-electron chi connectivity index (χ1n) is 10.3. The Hall–Kier alpha value is -3.75. The van der Waals surface area contributed by atoms with Gasteiger partial charge in [0.15, 0.2) is 0 Å². The van der Waals surface area contributed by atoms with E-state index in [1.54, 1.807) is 48.0 Å². The topological polar surface area (TPSA) is 56.0 Å². The van der Waals surface area contributed by atoms with Crippen LogP contribution in [0, 0.1) is 17.7 Å². The number of benzene rings is 2. The molecule has 2 aromatic heterocycles. The molecule has 5 heteroatoms. The predicted octanol–water partition coefficient (Wildman–Crippen LogP) is 6.53. The van der Waals surface area contributed by atoms with Crippen molar-refractivity contribution in [3.8, 4) is 44.5 Å². The van der Waals surface area contributed by atoms with Crippen molar-refractivity contribution in [2.75, 3.05) is 0 Å². The van der Waals surface area contributed by atoms with E-state index >= 15 is 0 Å². The highest BCUT2D eigenvalue weighted by Crippen LogP contribution is 2.47. The fourth-order valence-corrected chi connectivity index (χ4v) is 4.71. The van der Waals surface area contributed by atoms with E-state index in [1.165, 1.54) is 12.1 Å². The fourth-order valence-electron chi connectivity index (χ4n) is 3.49. The van der Waals surface area contributed by atoms with E-state index in [2.05, 4.69) is 23.7 Å². The van der Waals surface area contributed by atoms with Crippen LogP contribution in [0.25, 0.3) is 32.7 Å². The molecule has 0 bridgehead atoms. The molecule has 0 fully saturated rings. The summed E-state index contributed by atoms with van der Waals surface area (Å²) in [6.07, 6.45) is 5.24. The van der Waals surface area contributed by atoms with Gasteiger partial charge in [-0.3, -0.25) is 9.78 Å². The van der Waals surface area contributed by atoms with Gasteiger partial charge in [-0.1, -0.05) is 43.0 Å². The molecule has 1 amide bonds. The van der Waals surface area contributed by atoms with Crippen LogP contribution in [0.1, 0.15) is 35.0 Å². The largest absolute Gasteiger partial charge is 0.366 e. The number of carbonyl (C=O) groups is 1. The van der Waals surface area contributed by atoms with Gasteiger partial charge in [-0.15, -0.1) is 11.3 Å². The van der Waals surface area contributed by atoms with Crippen molar-refractivity contribution in [2.45, 2.75) is 19.8 Å². The summed E-state index contributed by atoms with van der Waals surface area (Å²) in [7, 11) is 0. The zero-order chi connectivity index (χ0) is 22.5. The number of aromatic nitrogens is 1. The summed E-state index contributed by atoms with van der Waals surface area (Å²) in [5, 5.41) is 0. The first kappa shape index (κ1) is 21.5. The number of halogens is 1. The van der Waals surface area contributed by atoms with Crippen LogP contribution in [-0.4, -0.2) is 10.9 Å². The summed E-state index contributed by atoms with van der Waals surface area (Å²) in [5.74, 6) is 5.82. The maximum absolute atomic E-state index is 13.6. The van der Waals surface area contributed by atoms with Gasteiger partial charge in [-0.25, -0.2) is 4.39 Å². The summed E-state index contributed by atoms with van der Waals surface area (Å²) in [6, 6.07) is 17.6.